The highest BCUT2D eigenvalue weighted by atomic mass is 16.3. The third-order valence-corrected chi connectivity index (χ3v) is 5.53. The highest BCUT2D eigenvalue weighted by Crippen LogP contribution is 2.38. The molecular formula is C21H20N6O. The molecule has 7 heteroatoms. The minimum absolute atomic E-state index is 0.624. The Hall–Kier alpha value is -3.32. The van der Waals surface area contributed by atoms with Crippen molar-refractivity contribution in [2.24, 2.45) is 7.05 Å². The number of aliphatic hydroxyl groups is 1. The Morgan fingerprint density at radius 1 is 1.18 bits per heavy atom. The zero-order valence-corrected chi connectivity index (χ0v) is 15.7. The monoisotopic (exact) mass is 372 g/mol. The van der Waals surface area contributed by atoms with Crippen molar-refractivity contribution in [3.63, 3.8) is 0 Å². The molecule has 1 N–H and O–H groups in total. The molecule has 0 aromatic carbocycles. The summed E-state index contributed by atoms with van der Waals surface area (Å²) in [6, 6.07) is 7.86. The highest BCUT2D eigenvalue weighted by Gasteiger charge is 2.40. The fourth-order valence-corrected chi connectivity index (χ4v) is 3.93. The summed E-state index contributed by atoms with van der Waals surface area (Å²) in [6.07, 6.45) is 11.3. The van der Waals surface area contributed by atoms with E-state index in [2.05, 4.69) is 21.1 Å². The van der Waals surface area contributed by atoms with E-state index in [0.29, 0.717) is 6.42 Å². The van der Waals surface area contributed by atoms with Crippen LogP contribution in [0.5, 0.6) is 0 Å². The second-order valence-electron chi connectivity index (χ2n) is 7.31. The van der Waals surface area contributed by atoms with E-state index in [1.54, 1.807) is 17.1 Å². The molecular weight excluding hydrogens is 352 g/mol. The van der Waals surface area contributed by atoms with Crippen molar-refractivity contribution in [3.8, 4) is 11.3 Å². The number of rotatable bonds is 3. The molecule has 2 atom stereocenters. The van der Waals surface area contributed by atoms with E-state index in [1.807, 2.05) is 61.2 Å². The zero-order chi connectivity index (χ0) is 19.3. The zero-order valence-electron chi connectivity index (χ0n) is 15.7. The Labute approximate surface area is 162 Å². The fourth-order valence-electron chi connectivity index (χ4n) is 3.93. The molecule has 0 bridgehead atoms. The summed E-state index contributed by atoms with van der Waals surface area (Å²) in [5.41, 5.74) is 4.75. The Kier molecular flexibility index (Phi) is 3.67. The van der Waals surface area contributed by atoms with Crippen LogP contribution in [0.15, 0.2) is 55.1 Å². The number of pyridine rings is 1. The molecule has 2 unspecified atom stereocenters. The van der Waals surface area contributed by atoms with E-state index in [1.165, 1.54) is 0 Å². The lowest BCUT2D eigenvalue weighted by Gasteiger charge is -2.35. The van der Waals surface area contributed by atoms with Gasteiger partial charge in [-0.2, -0.15) is 10.2 Å². The van der Waals surface area contributed by atoms with Crippen molar-refractivity contribution in [3.05, 3.63) is 72.1 Å². The first-order valence-electron chi connectivity index (χ1n) is 9.22. The lowest BCUT2D eigenvalue weighted by molar-refractivity contribution is 0.119. The Balaban J connectivity index is 1.69. The van der Waals surface area contributed by atoms with Gasteiger partial charge in [0, 0.05) is 25.0 Å². The van der Waals surface area contributed by atoms with Gasteiger partial charge in [-0.1, -0.05) is 12.1 Å². The van der Waals surface area contributed by atoms with E-state index >= 15 is 0 Å². The van der Waals surface area contributed by atoms with Crippen LogP contribution in [0, 0.1) is 0 Å². The summed E-state index contributed by atoms with van der Waals surface area (Å²) in [5.74, 6) is 0. The third kappa shape index (κ3) is 2.47. The number of fused-ring (bicyclic) bond motifs is 2. The van der Waals surface area contributed by atoms with Crippen LogP contribution >= 0.6 is 0 Å². The van der Waals surface area contributed by atoms with Crippen LogP contribution in [-0.2, 0) is 18.9 Å². The Morgan fingerprint density at radius 2 is 2.07 bits per heavy atom. The molecule has 0 fully saturated rings. The van der Waals surface area contributed by atoms with Crippen molar-refractivity contribution < 1.29 is 5.11 Å². The summed E-state index contributed by atoms with van der Waals surface area (Å²) in [6.45, 7) is 1.82. The molecule has 4 aromatic heterocycles. The molecule has 1 aliphatic rings. The molecule has 0 amide bonds. The van der Waals surface area contributed by atoms with E-state index in [9.17, 15) is 5.11 Å². The molecule has 0 radical (unpaired) electrons. The molecule has 0 saturated heterocycles. The average Bonchev–Trinajstić information content (AvgIpc) is 3.33. The molecule has 140 valence electrons. The molecule has 0 aliphatic heterocycles. The second-order valence-corrected chi connectivity index (χ2v) is 7.31. The van der Waals surface area contributed by atoms with E-state index < -0.39 is 11.5 Å². The predicted molar refractivity (Wildman–Crippen MR) is 106 cm³/mol. The number of aryl methyl sites for hydroxylation is 1. The first kappa shape index (κ1) is 16.8. The normalized spacial score (nSPS) is 19.7. The summed E-state index contributed by atoms with van der Waals surface area (Å²) >= 11 is 0. The maximum Gasteiger partial charge on any atom is 0.153 e. The Bertz CT molecular complexity index is 1200. The standard InChI is InChI=1S/C21H20N6O/c1-14(28)21(8-7-17-15(10-21)4-3-9-22-17)19-12-23-20-6-5-18(25-27(19)20)16-11-24-26(2)13-16/h3-9,11-14,28H,10H2,1-2H3. The SMILES string of the molecule is CC(O)C1(c2cnc3ccc(-c4cnn(C)c4)nn23)C=Cc2ncccc2C1. The predicted octanol–water partition coefficient (Wildman–Crippen LogP) is 2.41. The first-order valence-corrected chi connectivity index (χ1v) is 9.22. The second kappa shape index (κ2) is 6.10. The van der Waals surface area contributed by atoms with Crippen LogP contribution in [0.2, 0.25) is 0 Å². The molecule has 4 aromatic rings. The van der Waals surface area contributed by atoms with Crippen molar-refractivity contribution in [1.29, 1.82) is 0 Å². The lowest BCUT2D eigenvalue weighted by Crippen LogP contribution is -2.41. The minimum Gasteiger partial charge on any atom is -0.392 e. The van der Waals surface area contributed by atoms with Gasteiger partial charge in [-0.25, -0.2) is 9.50 Å². The number of aromatic nitrogens is 6. The van der Waals surface area contributed by atoms with Crippen molar-refractivity contribution >= 4 is 11.7 Å². The van der Waals surface area contributed by atoms with E-state index in [-0.39, 0.29) is 0 Å². The number of hydrogen-bond acceptors (Lipinski definition) is 5. The van der Waals surface area contributed by atoms with Crippen molar-refractivity contribution in [1.82, 2.24) is 29.4 Å². The first-order chi connectivity index (χ1) is 13.6. The van der Waals surface area contributed by atoms with Gasteiger partial charge in [-0.05, 0) is 43.2 Å². The molecule has 5 rings (SSSR count). The van der Waals surface area contributed by atoms with Gasteiger partial charge < -0.3 is 5.11 Å². The van der Waals surface area contributed by atoms with Gasteiger partial charge in [-0.15, -0.1) is 0 Å². The van der Waals surface area contributed by atoms with Crippen molar-refractivity contribution in [2.75, 3.05) is 0 Å². The number of imidazole rings is 1. The van der Waals surface area contributed by atoms with Crippen LogP contribution in [0.3, 0.4) is 0 Å². The van der Waals surface area contributed by atoms with Gasteiger partial charge in [0.25, 0.3) is 0 Å². The number of aliphatic hydroxyl groups excluding tert-OH is 1. The summed E-state index contributed by atoms with van der Waals surface area (Å²) < 4.78 is 3.59. The van der Waals surface area contributed by atoms with Gasteiger partial charge in [-0.3, -0.25) is 9.67 Å². The van der Waals surface area contributed by atoms with Gasteiger partial charge in [0.15, 0.2) is 5.65 Å². The van der Waals surface area contributed by atoms with E-state index in [0.717, 1.165) is 33.9 Å². The smallest absolute Gasteiger partial charge is 0.153 e. The van der Waals surface area contributed by atoms with Gasteiger partial charge in [0.05, 0.1) is 41.0 Å². The number of nitrogens with zero attached hydrogens (tertiary/aromatic N) is 6. The molecule has 4 heterocycles. The number of hydrogen-bond donors (Lipinski definition) is 1. The minimum atomic E-state index is -0.629. The summed E-state index contributed by atoms with van der Waals surface area (Å²) in [7, 11) is 1.88. The highest BCUT2D eigenvalue weighted by molar-refractivity contribution is 5.61. The maximum absolute atomic E-state index is 10.8. The summed E-state index contributed by atoms with van der Waals surface area (Å²) in [4.78, 5) is 8.96. The lowest BCUT2D eigenvalue weighted by atomic mass is 9.71. The van der Waals surface area contributed by atoms with Crippen LogP contribution < -0.4 is 0 Å². The fraction of sp³-hybridized carbons (Fsp3) is 0.238. The molecule has 7 nitrogen and oxygen atoms in total. The van der Waals surface area contributed by atoms with Gasteiger partial charge in [0.1, 0.15) is 0 Å². The van der Waals surface area contributed by atoms with Gasteiger partial charge in [0.2, 0.25) is 0 Å². The molecule has 28 heavy (non-hydrogen) atoms. The molecule has 0 spiro atoms. The van der Waals surface area contributed by atoms with Crippen molar-refractivity contribution in [2.45, 2.75) is 24.9 Å². The van der Waals surface area contributed by atoms with Crippen LogP contribution in [0.25, 0.3) is 23.0 Å². The van der Waals surface area contributed by atoms with Gasteiger partial charge >= 0.3 is 0 Å². The third-order valence-electron chi connectivity index (χ3n) is 5.53. The average molecular weight is 372 g/mol. The molecule has 1 aliphatic carbocycles. The maximum atomic E-state index is 10.8. The van der Waals surface area contributed by atoms with E-state index in [4.69, 9.17) is 5.10 Å². The summed E-state index contributed by atoms with van der Waals surface area (Å²) in [5, 5.41) is 19.9. The largest absolute Gasteiger partial charge is 0.392 e. The van der Waals surface area contributed by atoms with Crippen LogP contribution in [0.1, 0.15) is 23.9 Å². The quantitative estimate of drug-likeness (QED) is 0.597. The van der Waals surface area contributed by atoms with Crippen LogP contribution in [-0.4, -0.2) is 40.6 Å². The Morgan fingerprint density at radius 3 is 2.86 bits per heavy atom. The molecule has 0 saturated carbocycles. The van der Waals surface area contributed by atoms with Crippen LogP contribution in [0.4, 0.5) is 0 Å². The topological polar surface area (TPSA) is 81.1 Å².